The summed E-state index contributed by atoms with van der Waals surface area (Å²) in [6, 6.07) is 12.3. The summed E-state index contributed by atoms with van der Waals surface area (Å²) < 4.78 is 5.92. The van der Waals surface area contributed by atoms with Gasteiger partial charge in [0.15, 0.2) is 0 Å². The number of hydrogen-bond donors (Lipinski definition) is 2. The minimum Gasteiger partial charge on any atom is -0.489 e. The molecule has 2 aromatic carbocycles. The Morgan fingerprint density at radius 3 is 2.75 bits per heavy atom. The van der Waals surface area contributed by atoms with Crippen LogP contribution in [0.3, 0.4) is 0 Å². The van der Waals surface area contributed by atoms with E-state index in [-0.39, 0.29) is 5.37 Å². The smallest absolute Gasteiger partial charge is 0.321 e. The Morgan fingerprint density at radius 1 is 1.25 bits per heavy atom. The Bertz CT molecular complexity index is 756. The van der Waals surface area contributed by atoms with E-state index in [1.54, 1.807) is 12.1 Å². The standard InChI is InChI=1S/C17H15Cl2NO3S/c18-11-3-1-2-10(6-11)8-23-15-5-4-12(19)7-13(15)16-20-14(9-24-16)17(21)22/h1-7,14,16,20H,8-9H2,(H,21,22)/t14-,16-/m1/s1. The maximum Gasteiger partial charge on any atom is 0.321 e. The van der Waals surface area contributed by atoms with Crippen molar-refractivity contribution in [2.24, 2.45) is 0 Å². The average molecular weight is 384 g/mol. The van der Waals surface area contributed by atoms with Crippen LogP contribution in [-0.4, -0.2) is 22.9 Å². The Hall–Kier alpha value is -1.40. The number of nitrogens with one attached hydrogen (secondary N) is 1. The van der Waals surface area contributed by atoms with E-state index in [1.807, 2.05) is 30.3 Å². The zero-order valence-electron chi connectivity index (χ0n) is 12.5. The normalized spacial score (nSPS) is 20.1. The van der Waals surface area contributed by atoms with Crippen molar-refractivity contribution in [1.82, 2.24) is 5.32 Å². The van der Waals surface area contributed by atoms with Gasteiger partial charge in [-0.15, -0.1) is 11.8 Å². The molecular formula is C17H15Cl2NO3S. The van der Waals surface area contributed by atoms with Gasteiger partial charge in [-0.1, -0.05) is 35.3 Å². The zero-order valence-corrected chi connectivity index (χ0v) is 14.9. The van der Waals surface area contributed by atoms with E-state index in [2.05, 4.69) is 5.32 Å². The fourth-order valence-corrected chi connectivity index (χ4v) is 4.08. The van der Waals surface area contributed by atoms with Crippen LogP contribution >= 0.6 is 35.0 Å². The Balaban J connectivity index is 1.77. The Morgan fingerprint density at radius 2 is 2.04 bits per heavy atom. The van der Waals surface area contributed by atoms with Crippen LogP contribution in [-0.2, 0) is 11.4 Å². The monoisotopic (exact) mass is 383 g/mol. The van der Waals surface area contributed by atoms with Crippen molar-refractivity contribution in [1.29, 1.82) is 0 Å². The van der Waals surface area contributed by atoms with Gasteiger partial charge in [0.1, 0.15) is 18.4 Å². The maximum atomic E-state index is 11.1. The zero-order chi connectivity index (χ0) is 17.1. The van der Waals surface area contributed by atoms with E-state index in [4.69, 9.17) is 33.0 Å². The SMILES string of the molecule is O=C(O)[C@H]1CS[C@H](c2cc(Cl)ccc2OCc2cccc(Cl)c2)N1. The molecule has 0 bridgehead atoms. The molecule has 0 radical (unpaired) electrons. The molecule has 0 aromatic heterocycles. The van der Waals surface area contributed by atoms with Crippen molar-refractivity contribution >= 4 is 40.9 Å². The highest BCUT2D eigenvalue weighted by Gasteiger charge is 2.32. The molecule has 1 heterocycles. The fourth-order valence-electron chi connectivity index (χ4n) is 2.44. The van der Waals surface area contributed by atoms with Gasteiger partial charge in [0, 0.05) is 21.4 Å². The van der Waals surface area contributed by atoms with E-state index < -0.39 is 12.0 Å². The maximum absolute atomic E-state index is 11.1. The number of benzene rings is 2. The number of thioether (sulfide) groups is 1. The lowest BCUT2D eigenvalue weighted by atomic mass is 10.1. The molecule has 24 heavy (non-hydrogen) atoms. The molecule has 126 valence electrons. The topological polar surface area (TPSA) is 58.6 Å². The van der Waals surface area contributed by atoms with Gasteiger partial charge in [0.25, 0.3) is 0 Å². The van der Waals surface area contributed by atoms with Gasteiger partial charge >= 0.3 is 5.97 Å². The first-order valence-corrected chi connectivity index (χ1v) is 9.10. The minimum absolute atomic E-state index is 0.167. The molecule has 2 aromatic rings. The van der Waals surface area contributed by atoms with Crippen LogP contribution in [0.1, 0.15) is 16.5 Å². The van der Waals surface area contributed by atoms with Gasteiger partial charge in [-0.05, 0) is 35.9 Å². The number of aliphatic carboxylic acids is 1. The minimum atomic E-state index is -0.853. The third-order valence-corrected chi connectivity index (χ3v) is 5.34. The van der Waals surface area contributed by atoms with Crippen molar-refractivity contribution in [3.8, 4) is 5.75 Å². The quantitative estimate of drug-likeness (QED) is 0.802. The van der Waals surface area contributed by atoms with Gasteiger partial charge in [-0.25, -0.2) is 0 Å². The molecule has 1 saturated heterocycles. The number of ether oxygens (including phenoxy) is 1. The molecule has 4 nitrogen and oxygen atoms in total. The van der Waals surface area contributed by atoms with Crippen LogP contribution in [0.15, 0.2) is 42.5 Å². The molecular weight excluding hydrogens is 369 g/mol. The number of carbonyl (C=O) groups is 1. The van der Waals surface area contributed by atoms with Crippen molar-refractivity contribution in [2.75, 3.05) is 5.75 Å². The second kappa shape index (κ2) is 7.66. The molecule has 1 aliphatic heterocycles. The predicted molar refractivity (Wildman–Crippen MR) is 97.0 cm³/mol. The summed E-state index contributed by atoms with van der Waals surface area (Å²) in [6.45, 7) is 0.370. The lowest BCUT2D eigenvalue weighted by Crippen LogP contribution is -2.33. The average Bonchev–Trinajstić information content (AvgIpc) is 3.04. The lowest BCUT2D eigenvalue weighted by molar-refractivity contribution is -0.138. The first-order valence-electron chi connectivity index (χ1n) is 7.30. The number of halogens is 2. The van der Waals surface area contributed by atoms with Crippen molar-refractivity contribution in [2.45, 2.75) is 18.0 Å². The first-order chi connectivity index (χ1) is 11.5. The van der Waals surface area contributed by atoms with Crippen LogP contribution in [0.2, 0.25) is 10.0 Å². The summed E-state index contributed by atoms with van der Waals surface area (Å²) in [6.07, 6.45) is 0. The van der Waals surface area contributed by atoms with Gasteiger partial charge in [0.05, 0.1) is 5.37 Å². The molecule has 2 N–H and O–H groups in total. The predicted octanol–water partition coefficient (Wildman–Crippen LogP) is 4.36. The summed E-state index contributed by atoms with van der Waals surface area (Å²) in [4.78, 5) is 11.1. The molecule has 0 saturated carbocycles. The van der Waals surface area contributed by atoms with Gasteiger partial charge < -0.3 is 9.84 Å². The number of rotatable bonds is 5. The molecule has 1 aliphatic rings. The van der Waals surface area contributed by atoms with Crippen LogP contribution in [0.5, 0.6) is 5.75 Å². The summed E-state index contributed by atoms with van der Waals surface area (Å²) in [7, 11) is 0. The van der Waals surface area contributed by atoms with Gasteiger partial charge in [-0.3, -0.25) is 10.1 Å². The highest BCUT2D eigenvalue weighted by Crippen LogP contribution is 2.39. The highest BCUT2D eigenvalue weighted by atomic mass is 35.5. The van der Waals surface area contributed by atoms with E-state index >= 15 is 0 Å². The summed E-state index contributed by atoms with van der Waals surface area (Å²) in [5.74, 6) is 0.323. The van der Waals surface area contributed by atoms with E-state index in [1.165, 1.54) is 11.8 Å². The summed E-state index contributed by atoms with van der Waals surface area (Å²) in [5, 5.41) is 13.3. The summed E-state index contributed by atoms with van der Waals surface area (Å²) in [5.41, 5.74) is 1.80. The Labute approximate surface area is 154 Å². The highest BCUT2D eigenvalue weighted by molar-refractivity contribution is 7.99. The van der Waals surface area contributed by atoms with Crippen molar-refractivity contribution in [3.05, 3.63) is 63.6 Å². The molecule has 3 rings (SSSR count). The van der Waals surface area contributed by atoms with E-state index in [0.29, 0.717) is 28.2 Å². The number of hydrogen-bond acceptors (Lipinski definition) is 4. The van der Waals surface area contributed by atoms with Crippen molar-refractivity contribution in [3.63, 3.8) is 0 Å². The Kier molecular flexibility index (Phi) is 5.56. The molecule has 2 atom stereocenters. The van der Waals surface area contributed by atoms with Gasteiger partial charge in [0.2, 0.25) is 0 Å². The van der Waals surface area contributed by atoms with Crippen molar-refractivity contribution < 1.29 is 14.6 Å². The molecule has 7 heteroatoms. The third kappa shape index (κ3) is 4.16. The molecule has 0 aliphatic carbocycles. The largest absolute Gasteiger partial charge is 0.489 e. The first kappa shape index (κ1) is 17.4. The lowest BCUT2D eigenvalue weighted by Gasteiger charge is -2.17. The van der Waals surface area contributed by atoms with Crippen LogP contribution in [0, 0.1) is 0 Å². The van der Waals surface area contributed by atoms with Crippen LogP contribution < -0.4 is 10.1 Å². The van der Waals surface area contributed by atoms with E-state index in [0.717, 1.165) is 11.1 Å². The third-order valence-electron chi connectivity index (χ3n) is 3.62. The molecule has 0 unspecified atom stereocenters. The van der Waals surface area contributed by atoms with Gasteiger partial charge in [-0.2, -0.15) is 0 Å². The van der Waals surface area contributed by atoms with Crippen LogP contribution in [0.25, 0.3) is 0 Å². The summed E-state index contributed by atoms with van der Waals surface area (Å²) >= 11 is 13.6. The fraction of sp³-hybridized carbons (Fsp3) is 0.235. The molecule has 1 fully saturated rings. The molecule has 0 spiro atoms. The van der Waals surface area contributed by atoms with E-state index in [9.17, 15) is 4.79 Å². The number of carboxylic acid groups (broad SMARTS) is 1. The van der Waals surface area contributed by atoms with Crippen LogP contribution in [0.4, 0.5) is 0 Å². The second-order valence-electron chi connectivity index (χ2n) is 5.37. The molecule has 0 amide bonds. The second-order valence-corrected chi connectivity index (χ2v) is 7.38. The number of carboxylic acids is 1.